The Balaban J connectivity index is 0.000000323. The summed E-state index contributed by atoms with van der Waals surface area (Å²) in [5, 5.41) is 15.3. The highest BCUT2D eigenvalue weighted by molar-refractivity contribution is 8.00. The molecule has 2 aliphatic carbocycles. The molecule has 0 aromatic carbocycles. The molecule has 0 aromatic rings. The van der Waals surface area contributed by atoms with Gasteiger partial charge in [-0.15, -0.1) is 0 Å². The minimum atomic E-state index is -1.06. The molecule has 3 N–H and O–H groups in total. The molecule has 6 nitrogen and oxygen atoms in total. The molecular weight excluding hydrogens is 412 g/mol. The van der Waals surface area contributed by atoms with Crippen LogP contribution >= 0.6 is 11.8 Å². The minimum Gasteiger partial charge on any atom is -0.480 e. The van der Waals surface area contributed by atoms with Crippen molar-refractivity contribution >= 4 is 23.8 Å². The molecule has 0 radical (unpaired) electrons. The van der Waals surface area contributed by atoms with E-state index >= 15 is 0 Å². The Hall–Kier alpha value is -0.950. The SMILES string of the molecule is C1CCC(NC2CCCCC2)CC1.CC(C)(C)OC(=O)NC(CSC(C)(C)C)C(=O)O. The maximum Gasteiger partial charge on any atom is 0.408 e. The number of carboxylic acid groups (broad SMARTS) is 1. The molecule has 182 valence electrons. The van der Waals surface area contributed by atoms with Gasteiger partial charge >= 0.3 is 12.1 Å². The van der Waals surface area contributed by atoms with E-state index in [4.69, 9.17) is 9.84 Å². The number of hydrogen-bond acceptors (Lipinski definition) is 5. The first-order valence-corrected chi connectivity index (χ1v) is 13.0. The number of nitrogens with one attached hydrogen (secondary N) is 2. The van der Waals surface area contributed by atoms with Crippen molar-refractivity contribution in [3.05, 3.63) is 0 Å². The van der Waals surface area contributed by atoms with Crippen molar-refractivity contribution in [3.8, 4) is 0 Å². The van der Waals surface area contributed by atoms with E-state index in [2.05, 4.69) is 10.6 Å². The van der Waals surface area contributed by atoms with Crippen LogP contribution in [0, 0.1) is 0 Å². The molecule has 0 saturated heterocycles. The molecule has 0 heterocycles. The molecule has 0 aliphatic heterocycles. The molecule has 2 rings (SSSR count). The van der Waals surface area contributed by atoms with Crippen LogP contribution in [0.15, 0.2) is 0 Å². The number of amides is 1. The molecule has 1 amide bonds. The first kappa shape index (κ1) is 28.1. The third-order valence-corrected chi connectivity index (χ3v) is 6.72. The van der Waals surface area contributed by atoms with Gasteiger partial charge in [0.25, 0.3) is 0 Å². The molecule has 31 heavy (non-hydrogen) atoms. The molecule has 0 spiro atoms. The van der Waals surface area contributed by atoms with Crippen molar-refractivity contribution in [2.24, 2.45) is 0 Å². The Kier molecular flexibility index (Phi) is 12.3. The van der Waals surface area contributed by atoms with Gasteiger partial charge < -0.3 is 20.5 Å². The standard InChI is InChI=1S/C12H23NO4S.C12H23N/c1-11(2,3)17-10(16)13-8(9(14)15)7-18-12(4,5)6;1-3-7-11(8-4-1)13-12-9-5-2-6-10-12/h8H,7H2,1-6H3,(H,13,16)(H,14,15);11-13H,1-10H2. The largest absolute Gasteiger partial charge is 0.480 e. The number of carboxylic acids is 1. The van der Waals surface area contributed by atoms with Gasteiger partial charge in [-0.1, -0.05) is 59.3 Å². The third-order valence-electron chi connectivity index (χ3n) is 5.35. The van der Waals surface area contributed by atoms with Crippen LogP contribution < -0.4 is 10.6 Å². The minimum absolute atomic E-state index is 0.0523. The summed E-state index contributed by atoms with van der Waals surface area (Å²) in [6, 6.07) is 0.803. The van der Waals surface area contributed by atoms with Crippen molar-refractivity contribution in [1.82, 2.24) is 10.6 Å². The van der Waals surface area contributed by atoms with Crippen molar-refractivity contribution in [3.63, 3.8) is 0 Å². The van der Waals surface area contributed by atoms with Crippen molar-refractivity contribution in [1.29, 1.82) is 0 Å². The lowest BCUT2D eigenvalue weighted by Gasteiger charge is -2.30. The Bertz CT molecular complexity index is 515. The molecule has 1 atom stereocenters. The molecule has 2 saturated carbocycles. The van der Waals surface area contributed by atoms with Crippen LogP contribution in [0.1, 0.15) is 106 Å². The molecule has 0 bridgehead atoms. The number of rotatable bonds is 6. The zero-order valence-electron chi connectivity index (χ0n) is 20.6. The first-order chi connectivity index (χ1) is 14.4. The van der Waals surface area contributed by atoms with Gasteiger partial charge in [-0.25, -0.2) is 9.59 Å². The summed E-state index contributed by atoms with van der Waals surface area (Å²) in [6.07, 6.45) is 13.9. The van der Waals surface area contributed by atoms with Gasteiger partial charge in [-0.05, 0) is 46.5 Å². The predicted molar refractivity (Wildman–Crippen MR) is 130 cm³/mol. The van der Waals surface area contributed by atoms with Crippen LogP contribution in [0.25, 0.3) is 0 Å². The summed E-state index contributed by atoms with van der Waals surface area (Å²) >= 11 is 1.48. The van der Waals surface area contributed by atoms with Gasteiger partial charge in [0.1, 0.15) is 11.6 Å². The van der Waals surface area contributed by atoms with Gasteiger partial charge in [-0.2, -0.15) is 11.8 Å². The highest BCUT2D eigenvalue weighted by atomic mass is 32.2. The fourth-order valence-electron chi connectivity index (χ4n) is 3.83. The summed E-state index contributed by atoms with van der Waals surface area (Å²) in [7, 11) is 0. The monoisotopic (exact) mass is 458 g/mol. The van der Waals surface area contributed by atoms with Crippen LogP contribution in [0.5, 0.6) is 0 Å². The first-order valence-electron chi connectivity index (χ1n) is 12.0. The van der Waals surface area contributed by atoms with Crippen molar-refractivity contribution in [2.45, 2.75) is 134 Å². The summed E-state index contributed by atoms with van der Waals surface area (Å²) in [5.41, 5.74) is -0.635. The summed E-state index contributed by atoms with van der Waals surface area (Å²) in [4.78, 5) is 22.5. The second-order valence-electron chi connectivity index (χ2n) is 10.8. The van der Waals surface area contributed by atoms with Crippen LogP contribution in [0.4, 0.5) is 4.79 Å². The number of ether oxygens (including phenoxy) is 1. The lowest BCUT2D eigenvalue weighted by Crippen LogP contribution is -2.45. The normalized spacial score (nSPS) is 19.7. The number of alkyl carbamates (subject to hydrolysis) is 1. The summed E-state index contributed by atoms with van der Waals surface area (Å²) in [6.45, 7) is 11.2. The van der Waals surface area contributed by atoms with Crippen LogP contribution in [-0.4, -0.2) is 51.4 Å². The van der Waals surface area contributed by atoms with Gasteiger partial charge in [0.15, 0.2) is 0 Å². The Morgan fingerprint density at radius 1 is 0.903 bits per heavy atom. The summed E-state index contributed by atoms with van der Waals surface area (Å²) < 4.78 is 4.98. The topological polar surface area (TPSA) is 87.7 Å². The molecule has 7 heteroatoms. The van der Waals surface area contributed by atoms with Crippen molar-refractivity contribution in [2.75, 3.05) is 5.75 Å². The number of hydrogen-bond donors (Lipinski definition) is 3. The predicted octanol–water partition coefficient (Wildman–Crippen LogP) is 5.74. The fourth-order valence-corrected chi connectivity index (χ4v) is 4.72. The lowest BCUT2D eigenvalue weighted by atomic mass is 9.91. The van der Waals surface area contributed by atoms with Crippen LogP contribution in [0.2, 0.25) is 0 Å². The zero-order chi connectivity index (χ0) is 23.5. The molecule has 0 aromatic heterocycles. The second kappa shape index (κ2) is 13.6. The van der Waals surface area contributed by atoms with Gasteiger partial charge in [0, 0.05) is 22.6 Å². The maximum absolute atomic E-state index is 11.5. The van der Waals surface area contributed by atoms with E-state index in [1.54, 1.807) is 20.8 Å². The van der Waals surface area contributed by atoms with E-state index in [1.807, 2.05) is 20.8 Å². The smallest absolute Gasteiger partial charge is 0.408 e. The number of thioether (sulfide) groups is 1. The van der Waals surface area contributed by atoms with E-state index in [-0.39, 0.29) is 4.75 Å². The van der Waals surface area contributed by atoms with E-state index in [1.165, 1.54) is 76.0 Å². The molecule has 1 unspecified atom stereocenters. The van der Waals surface area contributed by atoms with Gasteiger partial charge in [0.05, 0.1) is 0 Å². The highest BCUT2D eigenvalue weighted by Crippen LogP contribution is 2.24. The van der Waals surface area contributed by atoms with Gasteiger partial charge in [-0.3, -0.25) is 0 Å². The molecular formula is C24H46N2O4S. The number of carbonyl (C=O) groups is 2. The Morgan fingerprint density at radius 3 is 1.71 bits per heavy atom. The second-order valence-corrected chi connectivity index (χ2v) is 12.6. The van der Waals surface area contributed by atoms with Crippen LogP contribution in [0.3, 0.4) is 0 Å². The van der Waals surface area contributed by atoms with Crippen LogP contribution in [-0.2, 0) is 9.53 Å². The van der Waals surface area contributed by atoms with E-state index in [0.717, 1.165) is 12.1 Å². The Labute approximate surface area is 194 Å². The maximum atomic E-state index is 11.5. The number of carbonyl (C=O) groups excluding carboxylic acids is 1. The molecule has 2 aliphatic rings. The summed E-state index contributed by atoms with van der Waals surface area (Å²) in [5.74, 6) is -0.754. The average Bonchev–Trinajstić information content (AvgIpc) is 2.65. The Morgan fingerprint density at radius 2 is 1.35 bits per heavy atom. The zero-order valence-corrected chi connectivity index (χ0v) is 21.4. The number of aliphatic carboxylic acids is 1. The van der Waals surface area contributed by atoms with E-state index < -0.39 is 23.7 Å². The van der Waals surface area contributed by atoms with Gasteiger partial charge in [0.2, 0.25) is 0 Å². The third kappa shape index (κ3) is 14.7. The van der Waals surface area contributed by atoms with E-state index in [9.17, 15) is 9.59 Å². The fraction of sp³-hybridized carbons (Fsp3) is 0.917. The average molecular weight is 459 g/mol. The highest BCUT2D eigenvalue weighted by Gasteiger charge is 2.25. The van der Waals surface area contributed by atoms with Crippen molar-refractivity contribution < 1.29 is 19.4 Å². The lowest BCUT2D eigenvalue weighted by molar-refractivity contribution is -0.138. The van der Waals surface area contributed by atoms with E-state index in [0.29, 0.717) is 5.75 Å². The quantitative estimate of drug-likeness (QED) is 0.470. The molecule has 2 fully saturated rings.